The van der Waals surface area contributed by atoms with E-state index in [9.17, 15) is 0 Å². The zero-order valence-corrected chi connectivity index (χ0v) is 13.6. The van der Waals surface area contributed by atoms with Gasteiger partial charge in [0, 0.05) is 38.7 Å². The van der Waals surface area contributed by atoms with Crippen molar-refractivity contribution in [1.82, 2.24) is 9.97 Å². The molecule has 118 valence electrons. The zero-order chi connectivity index (χ0) is 15.1. The molecule has 1 aliphatic rings. The van der Waals surface area contributed by atoms with Gasteiger partial charge in [-0.15, -0.1) is 0 Å². The van der Waals surface area contributed by atoms with Crippen LogP contribution in [-0.4, -0.2) is 42.3 Å². The molecule has 2 heterocycles. The van der Waals surface area contributed by atoms with Crippen LogP contribution in [0.15, 0.2) is 6.07 Å². The molecule has 21 heavy (non-hydrogen) atoms. The minimum atomic E-state index is 0.344. The fourth-order valence-electron chi connectivity index (χ4n) is 2.57. The summed E-state index contributed by atoms with van der Waals surface area (Å²) in [4.78, 5) is 11.5. The van der Waals surface area contributed by atoms with E-state index in [0.29, 0.717) is 6.10 Å². The molecule has 1 saturated heterocycles. The van der Waals surface area contributed by atoms with Crippen LogP contribution in [-0.2, 0) is 11.2 Å². The van der Waals surface area contributed by atoms with Gasteiger partial charge >= 0.3 is 0 Å². The van der Waals surface area contributed by atoms with Gasteiger partial charge in [-0.2, -0.15) is 0 Å². The Labute approximate surface area is 128 Å². The maximum absolute atomic E-state index is 5.76. The Morgan fingerprint density at radius 2 is 2.19 bits per heavy atom. The molecule has 1 aromatic rings. The largest absolute Gasteiger partial charge is 0.376 e. The van der Waals surface area contributed by atoms with Crippen molar-refractivity contribution in [3.8, 4) is 0 Å². The average Bonchev–Trinajstić information content (AvgIpc) is 3.03. The quantitative estimate of drug-likeness (QED) is 0.798. The van der Waals surface area contributed by atoms with Crippen molar-refractivity contribution in [1.29, 1.82) is 0 Å². The first-order chi connectivity index (χ1) is 10.3. The van der Waals surface area contributed by atoms with Crippen LogP contribution in [0.1, 0.15) is 45.9 Å². The Hall–Kier alpha value is -1.36. The topological polar surface area (TPSA) is 50.3 Å². The highest BCUT2D eigenvalue weighted by atomic mass is 16.5. The zero-order valence-electron chi connectivity index (χ0n) is 13.6. The molecule has 1 unspecified atom stereocenters. The molecule has 0 bridgehead atoms. The van der Waals surface area contributed by atoms with E-state index in [1.165, 1.54) is 6.42 Å². The summed E-state index contributed by atoms with van der Waals surface area (Å²) in [5.41, 5.74) is 0. The lowest BCUT2D eigenvalue weighted by atomic mass is 10.2. The minimum absolute atomic E-state index is 0.344. The Balaban J connectivity index is 2.13. The van der Waals surface area contributed by atoms with Gasteiger partial charge in [-0.1, -0.05) is 13.8 Å². The van der Waals surface area contributed by atoms with E-state index in [1.807, 2.05) is 0 Å². The Morgan fingerprint density at radius 3 is 2.81 bits per heavy atom. The molecule has 1 atom stereocenters. The number of ether oxygens (including phenoxy) is 1. The summed E-state index contributed by atoms with van der Waals surface area (Å²) in [5, 5.41) is 3.37. The van der Waals surface area contributed by atoms with Crippen LogP contribution in [0.3, 0.4) is 0 Å². The van der Waals surface area contributed by atoms with Crippen molar-refractivity contribution in [2.45, 2.75) is 52.6 Å². The van der Waals surface area contributed by atoms with Gasteiger partial charge in [0.2, 0.25) is 0 Å². The normalized spacial score (nSPS) is 18.0. The minimum Gasteiger partial charge on any atom is -0.376 e. The van der Waals surface area contributed by atoms with Gasteiger partial charge in [-0.25, -0.2) is 9.97 Å². The molecular formula is C16H28N4O. The smallest absolute Gasteiger partial charge is 0.134 e. The number of hydrogen-bond acceptors (Lipinski definition) is 5. The molecule has 0 radical (unpaired) electrons. The number of aromatic nitrogens is 2. The average molecular weight is 292 g/mol. The molecule has 0 spiro atoms. The van der Waals surface area contributed by atoms with E-state index in [4.69, 9.17) is 9.72 Å². The number of aryl methyl sites for hydroxylation is 1. The van der Waals surface area contributed by atoms with Crippen molar-refractivity contribution in [2.75, 3.05) is 36.5 Å². The summed E-state index contributed by atoms with van der Waals surface area (Å²) in [5.74, 6) is 2.85. The molecule has 0 aromatic carbocycles. The lowest BCUT2D eigenvalue weighted by molar-refractivity contribution is 0.115. The highest BCUT2D eigenvalue weighted by molar-refractivity contribution is 5.49. The van der Waals surface area contributed by atoms with Crippen molar-refractivity contribution >= 4 is 11.6 Å². The third-order valence-electron chi connectivity index (χ3n) is 3.79. The second-order valence-electron chi connectivity index (χ2n) is 5.48. The fourth-order valence-corrected chi connectivity index (χ4v) is 2.57. The van der Waals surface area contributed by atoms with E-state index >= 15 is 0 Å². The number of nitrogens with one attached hydrogen (secondary N) is 1. The van der Waals surface area contributed by atoms with Crippen LogP contribution in [0.4, 0.5) is 11.6 Å². The first kappa shape index (κ1) is 16.0. The summed E-state index contributed by atoms with van der Waals surface area (Å²) in [7, 11) is 0. The third kappa shape index (κ3) is 4.56. The third-order valence-corrected chi connectivity index (χ3v) is 3.79. The predicted octanol–water partition coefficient (Wildman–Crippen LogP) is 2.87. The maximum atomic E-state index is 5.76. The standard InChI is InChI=1S/C16H28N4O/c1-4-9-17-15-11-16(19-14(5-2)18-15)20(6-3)12-13-8-7-10-21-13/h11,13H,4-10,12H2,1-3H3,(H,17,18,19). The predicted molar refractivity (Wildman–Crippen MR) is 87.1 cm³/mol. The van der Waals surface area contributed by atoms with Crippen molar-refractivity contribution in [2.24, 2.45) is 0 Å². The number of anilines is 2. The molecule has 0 amide bonds. The summed E-state index contributed by atoms with van der Waals surface area (Å²) in [6.45, 7) is 10.1. The Morgan fingerprint density at radius 1 is 1.33 bits per heavy atom. The van der Waals surface area contributed by atoms with Gasteiger partial charge in [0.15, 0.2) is 0 Å². The van der Waals surface area contributed by atoms with Crippen LogP contribution >= 0.6 is 0 Å². The molecule has 2 rings (SSSR count). The SMILES string of the molecule is CCCNc1cc(N(CC)CC2CCCO2)nc(CC)n1. The molecule has 0 saturated carbocycles. The first-order valence-corrected chi connectivity index (χ1v) is 8.25. The monoisotopic (exact) mass is 292 g/mol. The summed E-state index contributed by atoms with van der Waals surface area (Å²) < 4.78 is 5.76. The summed E-state index contributed by atoms with van der Waals surface area (Å²) in [6, 6.07) is 2.06. The Kier molecular flexibility index (Phi) is 6.23. The van der Waals surface area contributed by atoms with Gasteiger partial charge in [0.25, 0.3) is 0 Å². The van der Waals surface area contributed by atoms with Gasteiger partial charge in [-0.05, 0) is 26.2 Å². The van der Waals surface area contributed by atoms with E-state index < -0.39 is 0 Å². The molecular weight excluding hydrogens is 264 g/mol. The van der Waals surface area contributed by atoms with E-state index in [0.717, 1.165) is 63.0 Å². The summed E-state index contributed by atoms with van der Waals surface area (Å²) in [6.07, 6.45) is 4.62. The lowest BCUT2D eigenvalue weighted by Gasteiger charge is -2.25. The van der Waals surface area contributed by atoms with Gasteiger partial charge < -0.3 is 15.0 Å². The number of nitrogens with zero attached hydrogens (tertiary/aromatic N) is 3. The van der Waals surface area contributed by atoms with Crippen molar-refractivity contribution < 1.29 is 4.74 Å². The molecule has 5 heteroatoms. The van der Waals surface area contributed by atoms with Crippen LogP contribution in [0, 0.1) is 0 Å². The second kappa shape index (κ2) is 8.17. The molecule has 1 aliphatic heterocycles. The molecule has 5 nitrogen and oxygen atoms in total. The van der Waals surface area contributed by atoms with Crippen LogP contribution in [0.5, 0.6) is 0 Å². The number of rotatable bonds is 8. The van der Waals surface area contributed by atoms with E-state index in [2.05, 4.69) is 42.0 Å². The number of likely N-dealkylation sites (N-methyl/N-ethyl adjacent to an activating group) is 1. The van der Waals surface area contributed by atoms with Crippen molar-refractivity contribution in [3.63, 3.8) is 0 Å². The van der Waals surface area contributed by atoms with Crippen LogP contribution in [0.25, 0.3) is 0 Å². The molecule has 0 aliphatic carbocycles. The second-order valence-corrected chi connectivity index (χ2v) is 5.48. The highest BCUT2D eigenvalue weighted by Gasteiger charge is 2.20. The Bertz CT molecular complexity index is 432. The van der Waals surface area contributed by atoms with Gasteiger partial charge in [0.05, 0.1) is 6.10 Å². The van der Waals surface area contributed by atoms with Crippen LogP contribution < -0.4 is 10.2 Å². The molecule has 1 aromatic heterocycles. The van der Waals surface area contributed by atoms with E-state index in [1.54, 1.807) is 0 Å². The van der Waals surface area contributed by atoms with Crippen LogP contribution in [0.2, 0.25) is 0 Å². The van der Waals surface area contributed by atoms with Gasteiger partial charge in [-0.3, -0.25) is 0 Å². The van der Waals surface area contributed by atoms with E-state index in [-0.39, 0.29) is 0 Å². The fraction of sp³-hybridized carbons (Fsp3) is 0.750. The highest BCUT2D eigenvalue weighted by Crippen LogP contribution is 2.20. The molecule has 1 fully saturated rings. The summed E-state index contributed by atoms with van der Waals surface area (Å²) >= 11 is 0. The maximum Gasteiger partial charge on any atom is 0.134 e. The van der Waals surface area contributed by atoms with Gasteiger partial charge in [0.1, 0.15) is 17.5 Å². The first-order valence-electron chi connectivity index (χ1n) is 8.25. The molecule has 1 N–H and O–H groups in total. The lowest BCUT2D eigenvalue weighted by Crippen LogP contribution is -2.33. The number of hydrogen-bond donors (Lipinski definition) is 1. The van der Waals surface area contributed by atoms with Crippen molar-refractivity contribution in [3.05, 3.63) is 11.9 Å².